The number of Topliss-reactive ketones (excluding diaryl/α,β-unsaturated/α-hetero) is 2. The lowest BCUT2D eigenvalue weighted by Crippen LogP contribution is -2.32. The second-order valence-electron chi connectivity index (χ2n) is 4.56. The van der Waals surface area contributed by atoms with Crippen LogP contribution in [0.3, 0.4) is 0 Å². The molecule has 2 aromatic rings. The molecule has 0 bridgehead atoms. The van der Waals surface area contributed by atoms with Gasteiger partial charge in [0.2, 0.25) is 0 Å². The number of fused-ring (bicyclic) bond motifs is 1. The average Bonchev–Trinajstić information content (AvgIpc) is 2.68. The highest BCUT2D eigenvalue weighted by molar-refractivity contribution is 9.10. The van der Waals surface area contributed by atoms with Gasteiger partial charge in [0.1, 0.15) is 5.78 Å². The third kappa shape index (κ3) is 1.96. The third-order valence-electron chi connectivity index (χ3n) is 3.34. The highest BCUT2D eigenvalue weighted by atomic mass is 79.9. The van der Waals surface area contributed by atoms with E-state index in [1.54, 1.807) is 18.2 Å². The van der Waals surface area contributed by atoms with Gasteiger partial charge in [-0.1, -0.05) is 6.07 Å². The Morgan fingerprint density at radius 1 is 1.26 bits per heavy atom. The van der Waals surface area contributed by atoms with E-state index in [2.05, 4.69) is 15.9 Å². The van der Waals surface area contributed by atoms with Crippen LogP contribution in [0.15, 0.2) is 31.9 Å². The molecule has 6 heteroatoms. The van der Waals surface area contributed by atoms with Crippen molar-refractivity contribution in [3.63, 3.8) is 0 Å². The molecule has 0 radical (unpaired) electrons. The summed E-state index contributed by atoms with van der Waals surface area (Å²) in [5, 5.41) is 0. The lowest BCUT2D eigenvalue weighted by molar-refractivity contribution is -0.132. The average molecular weight is 324 g/mol. The molecule has 3 rings (SSSR count). The van der Waals surface area contributed by atoms with Gasteiger partial charge in [0.25, 0.3) is 0 Å². The van der Waals surface area contributed by atoms with E-state index in [0.29, 0.717) is 28.4 Å². The molecular weight excluding hydrogens is 314 g/mol. The van der Waals surface area contributed by atoms with Crippen molar-refractivity contribution in [1.82, 2.24) is 4.57 Å². The molecule has 0 aliphatic heterocycles. The fraction of sp³-hybridized carbons (Fsp3) is 0.308. The number of carbonyl (C=O) groups is 2. The van der Waals surface area contributed by atoms with Crippen molar-refractivity contribution >= 4 is 38.6 Å². The van der Waals surface area contributed by atoms with Crippen LogP contribution in [0.2, 0.25) is 0 Å². The smallest absolute Gasteiger partial charge is 0.406 e. The van der Waals surface area contributed by atoms with Crippen molar-refractivity contribution in [3.8, 4) is 0 Å². The van der Waals surface area contributed by atoms with Crippen molar-refractivity contribution < 1.29 is 14.0 Å². The molecule has 1 heterocycles. The van der Waals surface area contributed by atoms with Crippen molar-refractivity contribution in [1.29, 1.82) is 0 Å². The van der Waals surface area contributed by atoms with Gasteiger partial charge < -0.3 is 4.42 Å². The van der Waals surface area contributed by atoms with Crippen LogP contribution in [-0.2, 0) is 9.59 Å². The van der Waals surface area contributed by atoms with Crippen molar-refractivity contribution in [3.05, 3.63) is 33.2 Å². The number of hydrogen-bond acceptors (Lipinski definition) is 4. The molecule has 0 spiro atoms. The maximum atomic E-state index is 12.0. The summed E-state index contributed by atoms with van der Waals surface area (Å²) in [6, 6.07) is 4.67. The summed E-state index contributed by atoms with van der Waals surface area (Å²) in [7, 11) is 0. The number of nitrogens with zero attached hydrogens (tertiary/aromatic N) is 1. The van der Waals surface area contributed by atoms with E-state index < -0.39 is 11.8 Å². The topological polar surface area (TPSA) is 69.3 Å². The van der Waals surface area contributed by atoms with Gasteiger partial charge in [-0.25, -0.2) is 4.79 Å². The van der Waals surface area contributed by atoms with E-state index >= 15 is 0 Å². The SMILES string of the molecule is O=C1CCC(n2c(=O)oc3c(Br)cccc32)C(=O)C1. The van der Waals surface area contributed by atoms with E-state index in [0.717, 1.165) is 0 Å². The molecule has 1 atom stereocenters. The predicted octanol–water partition coefficient (Wildman–Crippen LogP) is 2.22. The molecule has 98 valence electrons. The number of aromatic nitrogens is 1. The quantitative estimate of drug-likeness (QED) is 0.754. The van der Waals surface area contributed by atoms with E-state index in [1.165, 1.54) is 4.57 Å². The normalized spacial score (nSPS) is 20.2. The molecule has 1 aromatic heterocycles. The number of halogens is 1. The minimum atomic E-state index is -0.597. The Hall–Kier alpha value is -1.69. The summed E-state index contributed by atoms with van der Waals surface area (Å²) in [6.07, 6.45) is 0.583. The van der Waals surface area contributed by atoms with Gasteiger partial charge in [0, 0.05) is 6.42 Å². The van der Waals surface area contributed by atoms with Crippen LogP contribution in [-0.4, -0.2) is 16.1 Å². The largest absolute Gasteiger partial charge is 0.420 e. The number of oxazole rings is 1. The first-order valence-electron chi connectivity index (χ1n) is 5.92. The van der Waals surface area contributed by atoms with Gasteiger partial charge in [-0.15, -0.1) is 0 Å². The first-order valence-corrected chi connectivity index (χ1v) is 6.71. The van der Waals surface area contributed by atoms with Crippen molar-refractivity contribution in [2.75, 3.05) is 0 Å². The molecular formula is C13H10BrNO4. The summed E-state index contributed by atoms with van der Waals surface area (Å²) < 4.78 is 7.20. The van der Waals surface area contributed by atoms with Gasteiger partial charge in [0.05, 0.1) is 22.5 Å². The summed E-state index contributed by atoms with van der Waals surface area (Å²) in [6.45, 7) is 0. The summed E-state index contributed by atoms with van der Waals surface area (Å²) in [5.74, 6) is -0.848. The first kappa shape index (κ1) is 12.3. The maximum absolute atomic E-state index is 12.0. The Kier molecular flexibility index (Phi) is 2.89. The molecule has 1 aliphatic rings. The summed E-state index contributed by atoms with van der Waals surface area (Å²) >= 11 is 3.31. The second-order valence-corrected chi connectivity index (χ2v) is 5.42. The second kappa shape index (κ2) is 4.45. The number of rotatable bonds is 1. The summed E-state index contributed by atoms with van der Waals surface area (Å²) in [4.78, 5) is 35.2. The fourth-order valence-corrected chi connectivity index (χ4v) is 2.89. The Morgan fingerprint density at radius 2 is 2.05 bits per heavy atom. The molecule has 19 heavy (non-hydrogen) atoms. The number of carbonyl (C=O) groups excluding carboxylic acids is 2. The zero-order valence-corrected chi connectivity index (χ0v) is 11.5. The van der Waals surface area contributed by atoms with Gasteiger partial charge >= 0.3 is 5.76 Å². The predicted molar refractivity (Wildman–Crippen MR) is 71.1 cm³/mol. The van der Waals surface area contributed by atoms with Crippen LogP contribution in [0.5, 0.6) is 0 Å². The monoisotopic (exact) mass is 323 g/mol. The van der Waals surface area contributed by atoms with E-state index in [4.69, 9.17) is 4.42 Å². The number of benzene rings is 1. The molecule has 1 aromatic carbocycles. The van der Waals surface area contributed by atoms with Gasteiger partial charge in [0.15, 0.2) is 11.4 Å². The molecule has 1 saturated carbocycles. The molecule has 1 unspecified atom stereocenters. The number of ketones is 2. The molecule has 1 aliphatic carbocycles. The molecule has 0 amide bonds. The van der Waals surface area contributed by atoms with E-state index in [9.17, 15) is 14.4 Å². The molecule has 0 N–H and O–H groups in total. The minimum Gasteiger partial charge on any atom is -0.406 e. The van der Waals surface area contributed by atoms with Crippen LogP contribution in [0.1, 0.15) is 25.3 Å². The van der Waals surface area contributed by atoms with Crippen LogP contribution in [0, 0.1) is 0 Å². The number of para-hydroxylation sites is 1. The zero-order chi connectivity index (χ0) is 13.6. The molecule has 1 fully saturated rings. The van der Waals surface area contributed by atoms with Crippen molar-refractivity contribution in [2.45, 2.75) is 25.3 Å². The standard InChI is InChI=1S/C13H10BrNO4/c14-8-2-1-3-10-12(8)19-13(18)15(10)9-5-4-7(16)6-11(9)17/h1-3,9H,4-6H2. The molecule has 5 nitrogen and oxygen atoms in total. The van der Waals surface area contributed by atoms with Crippen molar-refractivity contribution in [2.24, 2.45) is 0 Å². The number of hydrogen-bond donors (Lipinski definition) is 0. The van der Waals surface area contributed by atoms with E-state index in [-0.39, 0.29) is 18.0 Å². The zero-order valence-electron chi connectivity index (χ0n) is 9.89. The van der Waals surface area contributed by atoms with Crippen LogP contribution < -0.4 is 5.76 Å². The first-order chi connectivity index (χ1) is 9.08. The fourth-order valence-electron chi connectivity index (χ4n) is 2.45. The lowest BCUT2D eigenvalue weighted by atomic mass is 9.93. The molecule has 0 saturated heterocycles. The van der Waals surface area contributed by atoms with E-state index in [1.807, 2.05) is 0 Å². The third-order valence-corrected chi connectivity index (χ3v) is 3.97. The van der Waals surface area contributed by atoms with Gasteiger partial charge in [-0.05, 0) is 34.5 Å². The Balaban J connectivity index is 2.18. The van der Waals surface area contributed by atoms with Crippen LogP contribution >= 0.6 is 15.9 Å². The van der Waals surface area contributed by atoms with Gasteiger partial charge in [-0.3, -0.25) is 14.2 Å². The maximum Gasteiger partial charge on any atom is 0.420 e. The summed E-state index contributed by atoms with van der Waals surface area (Å²) in [5.41, 5.74) is 1.00. The Labute approximate surface area is 116 Å². The Morgan fingerprint density at radius 3 is 2.79 bits per heavy atom. The van der Waals surface area contributed by atoms with Crippen LogP contribution in [0.25, 0.3) is 11.1 Å². The minimum absolute atomic E-state index is 0.0664. The highest BCUT2D eigenvalue weighted by Crippen LogP contribution is 2.29. The Bertz CT molecular complexity index is 743. The lowest BCUT2D eigenvalue weighted by Gasteiger charge is -2.20. The highest BCUT2D eigenvalue weighted by Gasteiger charge is 2.31. The van der Waals surface area contributed by atoms with Gasteiger partial charge in [-0.2, -0.15) is 0 Å². The van der Waals surface area contributed by atoms with Crippen LogP contribution in [0.4, 0.5) is 0 Å².